The molecule has 1 aliphatic carbocycles. The number of para-hydroxylation sites is 1. The molecule has 0 unspecified atom stereocenters. The quantitative estimate of drug-likeness (QED) is 0.562. The van der Waals surface area contributed by atoms with Gasteiger partial charge in [0.25, 0.3) is 0 Å². The van der Waals surface area contributed by atoms with Crippen molar-refractivity contribution in [3.8, 4) is 11.3 Å². The van der Waals surface area contributed by atoms with Crippen LogP contribution in [0.1, 0.15) is 25.7 Å². The molecular formula is C23H21FN4O. The highest BCUT2D eigenvalue weighted by Gasteiger charge is 2.20. The van der Waals surface area contributed by atoms with E-state index in [4.69, 9.17) is 5.10 Å². The van der Waals surface area contributed by atoms with Gasteiger partial charge in [-0.05, 0) is 43.2 Å². The van der Waals surface area contributed by atoms with Crippen molar-refractivity contribution in [2.24, 2.45) is 0 Å². The van der Waals surface area contributed by atoms with Gasteiger partial charge in [0.15, 0.2) is 0 Å². The Kier molecular flexibility index (Phi) is 4.46. The average Bonchev–Trinajstić information content (AvgIpc) is 3.37. The molecule has 4 aromatic rings. The van der Waals surface area contributed by atoms with Gasteiger partial charge in [0.05, 0.1) is 11.0 Å². The third kappa shape index (κ3) is 3.35. The molecule has 29 heavy (non-hydrogen) atoms. The molecule has 2 aromatic carbocycles. The van der Waals surface area contributed by atoms with Crippen molar-refractivity contribution < 1.29 is 9.18 Å². The summed E-state index contributed by atoms with van der Waals surface area (Å²) in [7, 11) is 0. The molecule has 1 N–H and O–H groups in total. The lowest BCUT2D eigenvalue weighted by molar-refractivity contribution is -0.122. The molecule has 0 bridgehead atoms. The van der Waals surface area contributed by atoms with Gasteiger partial charge in [-0.1, -0.05) is 31.0 Å². The van der Waals surface area contributed by atoms with Gasteiger partial charge in [-0.15, -0.1) is 0 Å². The lowest BCUT2D eigenvalue weighted by atomic mass is 10.1. The zero-order valence-corrected chi connectivity index (χ0v) is 15.9. The van der Waals surface area contributed by atoms with E-state index in [1.807, 2.05) is 24.3 Å². The van der Waals surface area contributed by atoms with E-state index in [0.29, 0.717) is 5.69 Å². The zero-order chi connectivity index (χ0) is 19.8. The molecule has 1 saturated carbocycles. The molecule has 5 rings (SSSR count). The van der Waals surface area contributed by atoms with Crippen molar-refractivity contribution in [1.82, 2.24) is 20.1 Å². The van der Waals surface area contributed by atoms with Crippen molar-refractivity contribution in [2.75, 3.05) is 0 Å². The van der Waals surface area contributed by atoms with E-state index in [-0.39, 0.29) is 24.3 Å². The molecular weight excluding hydrogens is 367 g/mol. The number of fused-ring (bicyclic) bond motifs is 3. The van der Waals surface area contributed by atoms with Gasteiger partial charge < -0.3 is 5.32 Å². The van der Waals surface area contributed by atoms with Crippen LogP contribution in [-0.2, 0) is 11.3 Å². The van der Waals surface area contributed by atoms with Crippen molar-refractivity contribution in [3.05, 3.63) is 60.5 Å². The molecule has 2 aromatic heterocycles. The monoisotopic (exact) mass is 388 g/mol. The summed E-state index contributed by atoms with van der Waals surface area (Å²) in [6.45, 7) is 0.141. The fourth-order valence-electron chi connectivity index (χ4n) is 4.22. The predicted octanol–water partition coefficient (Wildman–Crippen LogP) is 4.45. The first-order chi connectivity index (χ1) is 14.2. The number of pyridine rings is 1. The van der Waals surface area contributed by atoms with E-state index in [1.54, 1.807) is 23.0 Å². The Morgan fingerprint density at radius 1 is 1.07 bits per heavy atom. The minimum Gasteiger partial charge on any atom is -0.352 e. The van der Waals surface area contributed by atoms with Gasteiger partial charge in [0.1, 0.15) is 18.1 Å². The van der Waals surface area contributed by atoms with Gasteiger partial charge in [-0.25, -0.2) is 4.39 Å². The zero-order valence-electron chi connectivity index (χ0n) is 15.9. The maximum Gasteiger partial charge on any atom is 0.241 e. The third-order valence-corrected chi connectivity index (χ3v) is 5.61. The van der Waals surface area contributed by atoms with Gasteiger partial charge >= 0.3 is 0 Å². The van der Waals surface area contributed by atoms with Crippen LogP contribution in [0.15, 0.2) is 54.7 Å². The molecule has 0 atom stereocenters. The van der Waals surface area contributed by atoms with Crippen LogP contribution in [0.25, 0.3) is 33.1 Å². The lowest BCUT2D eigenvalue weighted by Crippen LogP contribution is -2.35. The minimum atomic E-state index is -0.294. The Balaban J connectivity index is 1.62. The van der Waals surface area contributed by atoms with E-state index in [0.717, 1.165) is 40.2 Å². The Morgan fingerprint density at radius 3 is 2.62 bits per heavy atom. The van der Waals surface area contributed by atoms with Gasteiger partial charge in [0.2, 0.25) is 5.91 Å². The Labute approximate surface area is 167 Å². The number of hydrogen-bond acceptors (Lipinski definition) is 3. The van der Waals surface area contributed by atoms with Gasteiger partial charge in [0, 0.05) is 28.6 Å². The minimum absolute atomic E-state index is 0.0344. The molecule has 0 spiro atoms. The first-order valence-corrected chi connectivity index (χ1v) is 9.98. The Hall–Kier alpha value is -3.28. The van der Waals surface area contributed by atoms with Crippen LogP contribution in [0.3, 0.4) is 0 Å². The SMILES string of the molecule is O=C(Cn1nc(-c2ccc(F)cc2)c2cnc3ccccc3c21)NC1CCCC1. The molecule has 6 heteroatoms. The van der Waals surface area contributed by atoms with E-state index >= 15 is 0 Å². The number of amides is 1. The smallest absolute Gasteiger partial charge is 0.241 e. The summed E-state index contributed by atoms with van der Waals surface area (Å²) in [4.78, 5) is 17.3. The third-order valence-electron chi connectivity index (χ3n) is 5.61. The first-order valence-electron chi connectivity index (χ1n) is 9.98. The van der Waals surface area contributed by atoms with Crippen molar-refractivity contribution in [3.63, 3.8) is 0 Å². The Morgan fingerprint density at radius 2 is 1.83 bits per heavy atom. The number of carbonyl (C=O) groups is 1. The number of halogens is 1. The van der Waals surface area contributed by atoms with Crippen LogP contribution < -0.4 is 5.32 Å². The highest BCUT2D eigenvalue weighted by atomic mass is 19.1. The number of aromatic nitrogens is 3. The topological polar surface area (TPSA) is 59.8 Å². The van der Waals surface area contributed by atoms with Crippen LogP contribution in [-0.4, -0.2) is 26.7 Å². The average molecular weight is 388 g/mol. The highest BCUT2D eigenvalue weighted by Crippen LogP contribution is 2.32. The highest BCUT2D eigenvalue weighted by molar-refractivity contribution is 6.08. The summed E-state index contributed by atoms with van der Waals surface area (Å²) in [6, 6.07) is 14.3. The number of hydrogen-bond donors (Lipinski definition) is 1. The maximum atomic E-state index is 13.4. The Bertz CT molecular complexity index is 1190. The molecule has 0 saturated heterocycles. The summed E-state index contributed by atoms with van der Waals surface area (Å²) in [5.41, 5.74) is 3.22. The van der Waals surface area contributed by atoms with Crippen LogP contribution in [0.4, 0.5) is 4.39 Å². The van der Waals surface area contributed by atoms with Gasteiger partial charge in [-0.2, -0.15) is 5.10 Å². The second-order valence-corrected chi connectivity index (χ2v) is 7.60. The normalized spacial score (nSPS) is 14.7. The number of nitrogens with one attached hydrogen (secondary N) is 1. The molecule has 1 aliphatic rings. The number of carbonyl (C=O) groups excluding carboxylic acids is 1. The first kappa shape index (κ1) is 17.8. The van der Waals surface area contributed by atoms with Crippen LogP contribution in [0, 0.1) is 5.82 Å². The van der Waals surface area contributed by atoms with E-state index < -0.39 is 0 Å². The standard InChI is InChI=1S/C23H21FN4O/c24-16-11-9-15(10-12-16)22-19-13-25-20-8-4-3-7-18(20)23(19)28(27-22)14-21(29)26-17-5-1-2-6-17/h3-4,7-13,17H,1-2,5-6,14H2,(H,26,29). The van der Waals surface area contributed by atoms with E-state index in [1.165, 1.54) is 25.0 Å². The predicted molar refractivity (Wildman–Crippen MR) is 111 cm³/mol. The van der Waals surface area contributed by atoms with Crippen molar-refractivity contribution in [2.45, 2.75) is 38.3 Å². The second kappa shape index (κ2) is 7.28. The fraction of sp³-hybridized carbons (Fsp3) is 0.261. The molecule has 146 valence electrons. The molecule has 2 heterocycles. The summed E-state index contributed by atoms with van der Waals surface area (Å²) in [5, 5.41) is 9.67. The molecule has 0 aliphatic heterocycles. The maximum absolute atomic E-state index is 13.4. The summed E-state index contributed by atoms with van der Waals surface area (Å²) < 4.78 is 15.2. The number of rotatable bonds is 4. The largest absolute Gasteiger partial charge is 0.352 e. The molecule has 5 nitrogen and oxygen atoms in total. The van der Waals surface area contributed by atoms with Crippen LogP contribution >= 0.6 is 0 Å². The molecule has 1 fully saturated rings. The number of nitrogens with zero attached hydrogens (tertiary/aromatic N) is 3. The lowest BCUT2D eigenvalue weighted by Gasteiger charge is -2.12. The summed E-state index contributed by atoms with van der Waals surface area (Å²) in [5.74, 6) is -0.329. The van der Waals surface area contributed by atoms with E-state index in [9.17, 15) is 9.18 Å². The number of benzene rings is 2. The second-order valence-electron chi connectivity index (χ2n) is 7.60. The molecule has 0 radical (unpaired) electrons. The fourth-order valence-corrected chi connectivity index (χ4v) is 4.22. The van der Waals surface area contributed by atoms with Crippen LogP contribution in [0.2, 0.25) is 0 Å². The van der Waals surface area contributed by atoms with E-state index in [2.05, 4.69) is 10.3 Å². The summed E-state index contributed by atoms with van der Waals surface area (Å²) in [6.07, 6.45) is 6.20. The summed E-state index contributed by atoms with van der Waals surface area (Å²) >= 11 is 0. The molecule has 1 amide bonds. The van der Waals surface area contributed by atoms with Crippen molar-refractivity contribution >= 4 is 27.7 Å². The van der Waals surface area contributed by atoms with Crippen molar-refractivity contribution in [1.29, 1.82) is 0 Å². The van der Waals surface area contributed by atoms with Gasteiger partial charge in [-0.3, -0.25) is 14.5 Å². The van der Waals surface area contributed by atoms with Crippen LogP contribution in [0.5, 0.6) is 0 Å².